The molecule has 0 saturated heterocycles. The van der Waals surface area contributed by atoms with Crippen molar-refractivity contribution in [3.8, 4) is 5.75 Å². The summed E-state index contributed by atoms with van der Waals surface area (Å²) in [5.41, 5.74) is 0.0413. The number of quaternary nitrogens is 1. The number of hydrogen-bond donors (Lipinski definition) is 2. The van der Waals surface area contributed by atoms with Crippen molar-refractivity contribution in [2.24, 2.45) is 0 Å². The zero-order valence-electron chi connectivity index (χ0n) is 15.0. The number of nitrogens with one attached hydrogen (secondary N) is 1. The van der Waals surface area contributed by atoms with Gasteiger partial charge in [0.2, 0.25) is 0 Å². The minimum Gasteiger partial charge on any atom is -0.496 e. The zero-order chi connectivity index (χ0) is 18.2. The predicted molar refractivity (Wildman–Crippen MR) is 95.8 cm³/mol. The van der Waals surface area contributed by atoms with E-state index in [1.54, 1.807) is 6.07 Å². The van der Waals surface area contributed by atoms with E-state index in [0.717, 1.165) is 12.8 Å². The van der Waals surface area contributed by atoms with Gasteiger partial charge >= 0.3 is 0 Å². The molecule has 1 aliphatic rings. The van der Waals surface area contributed by atoms with Crippen LogP contribution in [0.15, 0.2) is 18.2 Å². The minimum absolute atomic E-state index is 0.161. The molecule has 0 bridgehead atoms. The van der Waals surface area contributed by atoms with Crippen LogP contribution in [-0.2, 0) is 4.79 Å². The first-order valence-electron chi connectivity index (χ1n) is 8.99. The molecular formula is C18H28N3O4+. The lowest BCUT2D eigenvalue weighted by Crippen LogP contribution is -2.96. The fraction of sp³-hybridized carbons (Fsp3) is 0.611. The normalized spacial score (nSPS) is 17.2. The number of hydrogen-bond acceptors (Lipinski definition) is 4. The van der Waals surface area contributed by atoms with E-state index < -0.39 is 4.92 Å². The average molecular weight is 350 g/mol. The Morgan fingerprint density at radius 2 is 1.92 bits per heavy atom. The summed E-state index contributed by atoms with van der Waals surface area (Å²) in [6.45, 7) is 1.85. The maximum absolute atomic E-state index is 12.5. The summed E-state index contributed by atoms with van der Waals surface area (Å²) in [6, 6.07) is 4.60. The summed E-state index contributed by atoms with van der Waals surface area (Å²) in [7, 11) is 1.45. The number of amides is 1. The SMILES string of the molecule is COc1ccc(NC(=O)[C@H](C)[NH2+]C2CCCCCCC2)c([N+](=O)[O-])c1. The third-order valence-corrected chi connectivity index (χ3v) is 4.78. The molecule has 0 aliphatic heterocycles. The number of nitrogens with zero attached hydrogens (tertiary/aromatic N) is 1. The van der Waals surface area contributed by atoms with Gasteiger partial charge in [-0.2, -0.15) is 0 Å². The maximum Gasteiger partial charge on any atom is 0.296 e. The fourth-order valence-corrected chi connectivity index (χ4v) is 3.32. The van der Waals surface area contributed by atoms with Crippen LogP contribution in [0.25, 0.3) is 0 Å². The quantitative estimate of drug-likeness (QED) is 0.608. The number of nitrogens with two attached hydrogens (primary N) is 1. The second kappa shape index (κ2) is 9.36. The number of methoxy groups -OCH3 is 1. The van der Waals surface area contributed by atoms with E-state index in [9.17, 15) is 14.9 Å². The van der Waals surface area contributed by atoms with E-state index in [2.05, 4.69) is 10.6 Å². The van der Waals surface area contributed by atoms with Crippen molar-refractivity contribution in [1.82, 2.24) is 0 Å². The highest BCUT2D eigenvalue weighted by molar-refractivity contribution is 5.95. The summed E-state index contributed by atoms with van der Waals surface area (Å²) in [6.07, 6.45) is 8.51. The molecular weight excluding hydrogens is 322 g/mol. The van der Waals surface area contributed by atoms with Crippen molar-refractivity contribution in [2.75, 3.05) is 12.4 Å². The standard InChI is InChI=1S/C18H27N3O4/c1-13(19-14-8-6-4-3-5-7-9-14)18(22)20-16-11-10-15(25-2)12-17(16)21(23)24/h10-14,19H,3-9H2,1-2H3,(H,20,22)/p+1/t13-/m0/s1. The van der Waals surface area contributed by atoms with Gasteiger partial charge in [-0.3, -0.25) is 14.9 Å². The third-order valence-electron chi connectivity index (χ3n) is 4.78. The molecule has 1 aliphatic carbocycles. The van der Waals surface area contributed by atoms with Crippen molar-refractivity contribution in [1.29, 1.82) is 0 Å². The van der Waals surface area contributed by atoms with Gasteiger partial charge in [0.1, 0.15) is 11.4 Å². The summed E-state index contributed by atoms with van der Waals surface area (Å²) >= 11 is 0. The van der Waals surface area contributed by atoms with Gasteiger partial charge in [0, 0.05) is 0 Å². The topological polar surface area (TPSA) is 98.1 Å². The van der Waals surface area contributed by atoms with Crippen LogP contribution in [0.1, 0.15) is 51.9 Å². The van der Waals surface area contributed by atoms with E-state index >= 15 is 0 Å². The maximum atomic E-state index is 12.5. The first-order chi connectivity index (χ1) is 12.0. The largest absolute Gasteiger partial charge is 0.496 e. The van der Waals surface area contributed by atoms with Crippen molar-refractivity contribution < 1.29 is 19.8 Å². The second-order valence-corrected chi connectivity index (χ2v) is 6.72. The van der Waals surface area contributed by atoms with Crippen LogP contribution in [0.3, 0.4) is 0 Å². The molecule has 1 saturated carbocycles. The molecule has 7 heteroatoms. The molecule has 1 fully saturated rings. The molecule has 2 rings (SSSR count). The van der Waals surface area contributed by atoms with Gasteiger partial charge in [-0.1, -0.05) is 19.3 Å². The Kier molecular flexibility index (Phi) is 7.18. The van der Waals surface area contributed by atoms with Crippen LogP contribution in [0.2, 0.25) is 0 Å². The van der Waals surface area contributed by atoms with E-state index in [0.29, 0.717) is 11.8 Å². The number of anilines is 1. The summed E-state index contributed by atoms with van der Waals surface area (Å²) < 4.78 is 5.01. The van der Waals surface area contributed by atoms with Gasteiger partial charge in [-0.25, -0.2) is 0 Å². The van der Waals surface area contributed by atoms with Gasteiger partial charge in [0.05, 0.1) is 24.1 Å². The predicted octanol–water partition coefficient (Wildman–Crippen LogP) is 2.61. The molecule has 0 aromatic heterocycles. The highest BCUT2D eigenvalue weighted by Gasteiger charge is 2.25. The van der Waals surface area contributed by atoms with Crippen LogP contribution < -0.4 is 15.4 Å². The van der Waals surface area contributed by atoms with Crippen LogP contribution >= 0.6 is 0 Å². The van der Waals surface area contributed by atoms with Crippen LogP contribution in [0.5, 0.6) is 5.75 Å². The Hall–Kier alpha value is -2.15. The van der Waals surface area contributed by atoms with Crippen molar-refractivity contribution in [3.63, 3.8) is 0 Å². The van der Waals surface area contributed by atoms with Crippen molar-refractivity contribution in [2.45, 2.75) is 64.0 Å². The summed E-state index contributed by atoms with van der Waals surface area (Å²) in [5, 5.41) is 16.0. The molecule has 1 aromatic carbocycles. The number of nitro groups is 1. The number of ether oxygens (including phenoxy) is 1. The van der Waals surface area contributed by atoms with Gasteiger partial charge in [-0.05, 0) is 44.7 Å². The summed E-state index contributed by atoms with van der Waals surface area (Å²) in [4.78, 5) is 23.2. The van der Waals surface area contributed by atoms with Gasteiger partial charge in [0.15, 0.2) is 6.04 Å². The van der Waals surface area contributed by atoms with Gasteiger partial charge in [0.25, 0.3) is 11.6 Å². The number of rotatable bonds is 6. The van der Waals surface area contributed by atoms with E-state index in [1.807, 2.05) is 6.92 Å². The van der Waals surface area contributed by atoms with Crippen molar-refractivity contribution >= 4 is 17.3 Å². The monoisotopic (exact) mass is 350 g/mol. The first-order valence-corrected chi connectivity index (χ1v) is 8.99. The lowest BCUT2D eigenvalue weighted by molar-refractivity contribution is -0.707. The van der Waals surface area contributed by atoms with Crippen LogP contribution in [0, 0.1) is 10.1 Å². The average Bonchev–Trinajstić information content (AvgIpc) is 2.57. The molecule has 25 heavy (non-hydrogen) atoms. The van der Waals surface area contributed by atoms with Gasteiger partial charge in [-0.15, -0.1) is 0 Å². The summed E-state index contributed by atoms with van der Waals surface area (Å²) in [5.74, 6) is 0.175. The highest BCUT2D eigenvalue weighted by atomic mass is 16.6. The molecule has 1 aromatic rings. The second-order valence-electron chi connectivity index (χ2n) is 6.72. The highest BCUT2D eigenvalue weighted by Crippen LogP contribution is 2.28. The smallest absolute Gasteiger partial charge is 0.296 e. The fourth-order valence-electron chi connectivity index (χ4n) is 3.32. The Balaban J connectivity index is 1.99. The lowest BCUT2D eigenvalue weighted by Gasteiger charge is -2.21. The number of benzene rings is 1. The molecule has 0 radical (unpaired) electrons. The molecule has 7 nitrogen and oxygen atoms in total. The van der Waals surface area contributed by atoms with Crippen molar-refractivity contribution in [3.05, 3.63) is 28.3 Å². The molecule has 1 amide bonds. The Labute approximate surface area is 148 Å². The molecule has 138 valence electrons. The number of nitro benzene ring substituents is 1. The molecule has 0 unspecified atom stereocenters. The number of carbonyl (C=O) groups is 1. The minimum atomic E-state index is -0.513. The Morgan fingerprint density at radius 3 is 2.52 bits per heavy atom. The third kappa shape index (κ3) is 5.70. The first kappa shape index (κ1) is 19.2. The van der Waals surface area contributed by atoms with E-state index in [-0.39, 0.29) is 23.3 Å². The van der Waals surface area contributed by atoms with E-state index in [4.69, 9.17) is 4.74 Å². The zero-order valence-corrected chi connectivity index (χ0v) is 15.0. The Morgan fingerprint density at radius 1 is 1.28 bits per heavy atom. The van der Waals surface area contributed by atoms with Crippen LogP contribution in [-0.4, -0.2) is 30.0 Å². The Bertz CT molecular complexity index is 598. The molecule has 0 heterocycles. The lowest BCUT2D eigenvalue weighted by atomic mass is 9.96. The molecule has 1 atom stereocenters. The molecule has 3 N–H and O–H groups in total. The number of carbonyl (C=O) groups excluding carboxylic acids is 1. The van der Waals surface area contributed by atoms with Crippen LogP contribution in [0.4, 0.5) is 11.4 Å². The van der Waals surface area contributed by atoms with Gasteiger partial charge < -0.3 is 15.4 Å². The molecule has 0 spiro atoms. The van der Waals surface area contributed by atoms with E-state index in [1.165, 1.54) is 51.3 Å².